The Kier molecular flexibility index (Phi) is 5.66. The van der Waals surface area contributed by atoms with E-state index in [9.17, 15) is 14.0 Å². The standard InChI is InChI=1S/C20H22FN5O2S/c1-13-11-14(21)7-8-16(13)23-17(27)12-26-20(28)25-10-9-22-19(18(25)24-26)29-15-5-3-2-4-6-15/h7-11,15H,2-6,12H2,1H3,(H,23,27). The van der Waals surface area contributed by atoms with Crippen LogP contribution in [0.3, 0.4) is 0 Å². The molecule has 9 heteroatoms. The van der Waals surface area contributed by atoms with Crippen LogP contribution in [0, 0.1) is 12.7 Å². The Morgan fingerprint density at radius 1 is 1.31 bits per heavy atom. The van der Waals surface area contributed by atoms with E-state index in [-0.39, 0.29) is 18.1 Å². The number of fused-ring (bicyclic) bond motifs is 1. The van der Waals surface area contributed by atoms with Crippen molar-refractivity contribution in [2.24, 2.45) is 0 Å². The van der Waals surface area contributed by atoms with Crippen molar-refractivity contribution >= 4 is 29.0 Å². The maximum absolute atomic E-state index is 13.2. The molecule has 0 spiro atoms. The van der Waals surface area contributed by atoms with Gasteiger partial charge in [0.2, 0.25) is 5.91 Å². The molecule has 1 aliphatic rings. The number of hydrogen-bond acceptors (Lipinski definition) is 5. The Morgan fingerprint density at radius 2 is 2.10 bits per heavy atom. The van der Waals surface area contributed by atoms with Crippen molar-refractivity contribution in [3.8, 4) is 0 Å². The first-order valence-corrected chi connectivity index (χ1v) is 10.6. The van der Waals surface area contributed by atoms with E-state index in [1.807, 2.05) is 0 Å². The number of anilines is 1. The minimum absolute atomic E-state index is 0.231. The van der Waals surface area contributed by atoms with E-state index in [0.29, 0.717) is 27.2 Å². The van der Waals surface area contributed by atoms with Crippen molar-refractivity contribution in [2.75, 3.05) is 5.32 Å². The topological polar surface area (TPSA) is 81.3 Å². The molecule has 3 aromatic rings. The molecule has 2 heterocycles. The van der Waals surface area contributed by atoms with E-state index in [2.05, 4.69) is 15.4 Å². The fourth-order valence-corrected chi connectivity index (χ4v) is 4.80. The molecule has 4 rings (SSSR count). The van der Waals surface area contributed by atoms with Gasteiger partial charge in [0, 0.05) is 23.3 Å². The lowest BCUT2D eigenvalue weighted by atomic mass is 10.0. The third kappa shape index (κ3) is 4.34. The van der Waals surface area contributed by atoms with Gasteiger partial charge in [-0.3, -0.25) is 4.79 Å². The summed E-state index contributed by atoms with van der Waals surface area (Å²) in [6.45, 7) is 1.47. The molecule has 0 aliphatic heterocycles. The highest BCUT2D eigenvalue weighted by Crippen LogP contribution is 2.33. The number of carbonyl (C=O) groups is 1. The number of carbonyl (C=O) groups excluding carboxylic acids is 1. The predicted octanol–water partition coefficient (Wildman–Crippen LogP) is 3.40. The van der Waals surface area contributed by atoms with E-state index < -0.39 is 5.91 Å². The van der Waals surface area contributed by atoms with E-state index in [4.69, 9.17) is 0 Å². The van der Waals surface area contributed by atoms with E-state index in [1.54, 1.807) is 31.1 Å². The van der Waals surface area contributed by atoms with Crippen LogP contribution in [0.5, 0.6) is 0 Å². The average Bonchev–Trinajstić information content (AvgIpc) is 3.02. The van der Waals surface area contributed by atoms with Crippen molar-refractivity contribution in [1.29, 1.82) is 0 Å². The molecule has 152 valence electrons. The average molecular weight is 415 g/mol. The number of nitrogens with one attached hydrogen (secondary N) is 1. The number of amides is 1. The van der Waals surface area contributed by atoms with Crippen LogP contribution in [0.25, 0.3) is 5.65 Å². The Bertz CT molecular complexity index is 1100. The van der Waals surface area contributed by atoms with E-state index >= 15 is 0 Å². The number of aryl methyl sites for hydroxylation is 1. The van der Waals surface area contributed by atoms with Gasteiger partial charge >= 0.3 is 5.69 Å². The van der Waals surface area contributed by atoms with Crippen molar-refractivity contribution < 1.29 is 9.18 Å². The third-order valence-electron chi connectivity index (χ3n) is 5.06. The number of aromatic nitrogens is 4. The second-order valence-electron chi connectivity index (χ2n) is 7.25. The molecule has 0 saturated heterocycles. The first-order valence-electron chi connectivity index (χ1n) is 9.68. The highest BCUT2D eigenvalue weighted by Gasteiger charge is 2.20. The van der Waals surface area contributed by atoms with Gasteiger partial charge in [-0.1, -0.05) is 31.0 Å². The first-order chi connectivity index (χ1) is 14.0. The fourth-order valence-electron chi connectivity index (χ4n) is 3.55. The van der Waals surface area contributed by atoms with Gasteiger partial charge in [0.25, 0.3) is 0 Å². The summed E-state index contributed by atoms with van der Waals surface area (Å²) in [6, 6.07) is 4.12. The van der Waals surface area contributed by atoms with Crippen LogP contribution in [0.4, 0.5) is 10.1 Å². The normalized spacial score (nSPS) is 15.0. The lowest BCUT2D eigenvalue weighted by Crippen LogP contribution is -2.28. The van der Waals surface area contributed by atoms with E-state index in [0.717, 1.165) is 17.5 Å². The number of hydrogen-bond donors (Lipinski definition) is 1. The second kappa shape index (κ2) is 8.36. The molecule has 0 atom stereocenters. The first kappa shape index (κ1) is 19.6. The molecule has 1 amide bonds. The molecule has 1 saturated carbocycles. The molecule has 1 aliphatic carbocycles. The largest absolute Gasteiger partial charge is 0.350 e. The lowest BCUT2D eigenvalue weighted by Gasteiger charge is -2.20. The minimum atomic E-state index is -0.403. The van der Waals surface area contributed by atoms with Gasteiger partial charge in [0.1, 0.15) is 17.4 Å². The molecule has 1 fully saturated rings. The van der Waals surface area contributed by atoms with Crippen molar-refractivity contribution in [2.45, 2.75) is 55.8 Å². The summed E-state index contributed by atoms with van der Waals surface area (Å²) in [5, 5.41) is 8.25. The SMILES string of the molecule is Cc1cc(F)ccc1NC(=O)Cn1nc2c(SC3CCCCC3)nccn2c1=O. The van der Waals surface area contributed by atoms with Gasteiger partial charge in [0.05, 0.1) is 0 Å². The number of rotatable bonds is 5. The summed E-state index contributed by atoms with van der Waals surface area (Å²) in [6.07, 6.45) is 9.12. The van der Waals surface area contributed by atoms with Crippen LogP contribution in [-0.4, -0.2) is 30.3 Å². The maximum Gasteiger partial charge on any atom is 0.350 e. The molecule has 7 nitrogen and oxygen atoms in total. The van der Waals surface area contributed by atoms with Crippen molar-refractivity contribution in [3.63, 3.8) is 0 Å². The second-order valence-corrected chi connectivity index (χ2v) is 8.54. The monoisotopic (exact) mass is 415 g/mol. The van der Waals surface area contributed by atoms with Crippen LogP contribution in [0.15, 0.2) is 40.4 Å². The zero-order valence-corrected chi connectivity index (χ0v) is 16.9. The Balaban J connectivity index is 1.54. The zero-order valence-electron chi connectivity index (χ0n) is 16.1. The lowest BCUT2D eigenvalue weighted by molar-refractivity contribution is -0.117. The van der Waals surface area contributed by atoms with Crippen LogP contribution < -0.4 is 11.0 Å². The molecule has 29 heavy (non-hydrogen) atoms. The zero-order chi connectivity index (χ0) is 20.4. The quantitative estimate of drug-likeness (QED) is 0.691. The van der Waals surface area contributed by atoms with Gasteiger partial charge in [-0.05, 0) is 43.5 Å². The third-order valence-corrected chi connectivity index (χ3v) is 6.37. The summed E-state index contributed by atoms with van der Waals surface area (Å²) in [5.41, 5.74) is 1.19. The minimum Gasteiger partial charge on any atom is -0.324 e. The predicted molar refractivity (Wildman–Crippen MR) is 110 cm³/mol. The highest BCUT2D eigenvalue weighted by atomic mass is 32.2. The van der Waals surface area contributed by atoms with Gasteiger partial charge in [-0.15, -0.1) is 5.10 Å². The maximum atomic E-state index is 13.2. The Labute approximate surface area is 171 Å². The molecular formula is C20H22FN5O2S. The molecular weight excluding hydrogens is 393 g/mol. The van der Waals surface area contributed by atoms with Gasteiger partial charge < -0.3 is 5.32 Å². The van der Waals surface area contributed by atoms with Gasteiger partial charge in [-0.2, -0.15) is 0 Å². The summed E-state index contributed by atoms with van der Waals surface area (Å²) >= 11 is 1.66. The van der Waals surface area contributed by atoms with Crippen LogP contribution >= 0.6 is 11.8 Å². The molecule has 0 radical (unpaired) electrons. The Hall–Kier alpha value is -2.68. The van der Waals surface area contributed by atoms with Gasteiger partial charge in [-0.25, -0.2) is 23.3 Å². The number of thioether (sulfide) groups is 1. The van der Waals surface area contributed by atoms with Gasteiger partial charge in [0.15, 0.2) is 5.65 Å². The number of nitrogens with zero attached hydrogens (tertiary/aromatic N) is 4. The molecule has 1 aromatic carbocycles. The fraction of sp³-hybridized carbons (Fsp3) is 0.400. The summed E-state index contributed by atoms with van der Waals surface area (Å²) in [4.78, 5) is 29.5. The number of benzene rings is 1. The molecule has 2 aromatic heterocycles. The Morgan fingerprint density at radius 3 is 2.86 bits per heavy atom. The molecule has 0 bridgehead atoms. The summed E-state index contributed by atoms with van der Waals surface area (Å²) in [7, 11) is 0. The van der Waals surface area contributed by atoms with E-state index in [1.165, 1.54) is 41.9 Å². The highest BCUT2D eigenvalue weighted by molar-refractivity contribution is 8.00. The number of halogens is 1. The van der Waals surface area contributed by atoms with Crippen molar-refractivity contribution in [1.82, 2.24) is 19.2 Å². The summed E-state index contributed by atoms with van der Waals surface area (Å²) in [5.74, 6) is -0.771. The van der Waals surface area contributed by atoms with Crippen LogP contribution in [0.2, 0.25) is 0 Å². The summed E-state index contributed by atoms with van der Waals surface area (Å²) < 4.78 is 15.8. The van der Waals surface area contributed by atoms with Crippen LogP contribution in [0.1, 0.15) is 37.7 Å². The van der Waals surface area contributed by atoms with Crippen LogP contribution in [-0.2, 0) is 11.3 Å². The smallest absolute Gasteiger partial charge is 0.324 e. The molecule has 1 N–H and O–H groups in total. The molecule has 0 unspecified atom stereocenters. The van der Waals surface area contributed by atoms with Crippen molar-refractivity contribution in [3.05, 3.63) is 52.5 Å².